The SMILES string of the molecule is O=C(Nc1ccc(NCCc2cccc(Cl)c2)nn1)c1ccc2c(c1)OCO2. The number of aromatic nitrogens is 2. The number of hydrogen-bond acceptors (Lipinski definition) is 6. The molecule has 2 aromatic carbocycles. The van der Waals surface area contributed by atoms with E-state index in [9.17, 15) is 4.79 Å². The van der Waals surface area contributed by atoms with Gasteiger partial charge in [0.1, 0.15) is 5.82 Å². The number of halogens is 1. The second-order valence-electron chi connectivity index (χ2n) is 6.13. The summed E-state index contributed by atoms with van der Waals surface area (Å²) < 4.78 is 10.5. The summed E-state index contributed by atoms with van der Waals surface area (Å²) in [4.78, 5) is 12.4. The number of benzene rings is 2. The number of nitrogens with zero attached hydrogens (tertiary/aromatic N) is 2. The molecule has 2 N–H and O–H groups in total. The zero-order valence-corrected chi connectivity index (χ0v) is 15.6. The van der Waals surface area contributed by atoms with Gasteiger partial charge in [-0.25, -0.2) is 0 Å². The molecule has 1 aromatic heterocycles. The molecule has 1 amide bonds. The fraction of sp³-hybridized carbons (Fsp3) is 0.150. The van der Waals surface area contributed by atoms with Gasteiger partial charge in [0.05, 0.1) is 0 Å². The molecule has 4 rings (SSSR count). The molecule has 7 nitrogen and oxygen atoms in total. The van der Waals surface area contributed by atoms with Crippen molar-refractivity contribution in [3.63, 3.8) is 0 Å². The Labute approximate surface area is 166 Å². The highest BCUT2D eigenvalue weighted by Gasteiger charge is 2.16. The molecule has 0 bridgehead atoms. The minimum Gasteiger partial charge on any atom is -0.454 e. The van der Waals surface area contributed by atoms with Crippen molar-refractivity contribution in [2.75, 3.05) is 24.0 Å². The molecule has 1 aliphatic heterocycles. The normalized spacial score (nSPS) is 11.9. The Morgan fingerprint density at radius 2 is 1.82 bits per heavy atom. The molecule has 1 aliphatic rings. The molecule has 2 heterocycles. The molecule has 8 heteroatoms. The monoisotopic (exact) mass is 396 g/mol. The Bertz CT molecular complexity index is 995. The number of rotatable bonds is 6. The predicted molar refractivity (Wildman–Crippen MR) is 106 cm³/mol. The molecule has 0 radical (unpaired) electrons. The average Bonchev–Trinajstić information content (AvgIpc) is 3.17. The predicted octanol–water partition coefficient (Wildman–Crippen LogP) is 3.77. The smallest absolute Gasteiger partial charge is 0.257 e. The highest BCUT2D eigenvalue weighted by atomic mass is 35.5. The van der Waals surface area contributed by atoms with Crippen LogP contribution in [0.1, 0.15) is 15.9 Å². The molecule has 0 atom stereocenters. The topological polar surface area (TPSA) is 85.4 Å². The van der Waals surface area contributed by atoms with Crippen LogP contribution in [0.2, 0.25) is 5.02 Å². The van der Waals surface area contributed by atoms with E-state index < -0.39 is 0 Å². The van der Waals surface area contributed by atoms with Crippen molar-refractivity contribution in [3.05, 3.63) is 70.7 Å². The summed E-state index contributed by atoms with van der Waals surface area (Å²) in [5.74, 6) is 1.88. The second-order valence-corrected chi connectivity index (χ2v) is 6.57. The van der Waals surface area contributed by atoms with Gasteiger partial charge < -0.3 is 20.1 Å². The first-order valence-electron chi connectivity index (χ1n) is 8.70. The van der Waals surface area contributed by atoms with Gasteiger partial charge in [-0.05, 0) is 54.4 Å². The summed E-state index contributed by atoms with van der Waals surface area (Å²) in [6.45, 7) is 0.857. The van der Waals surface area contributed by atoms with Gasteiger partial charge in [0.15, 0.2) is 17.3 Å². The summed E-state index contributed by atoms with van der Waals surface area (Å²) in [6, 6.07) is 16.2. The van der Waals surface area contributed by atoms with Crippen molar-refractivity contribution in [3.8, 4) is 11.5 Å². The molecule has 142 valence electrons. The maximum absolute atomic E-state index is 12.4. The number of nitrogens with one attached hydrogen (secondary N) is 2. The number of fused-ring (bicyclic) bond motifs is 1. The van der Waals surface area contributed by atoms with E-state index in [1.165, 1.54) is 0 Å². The van der Waals surface area contributed by atoms with Crippen LogP contribution in [0.3, 0.4) is 0 Å². The molecule has 0 spiro atoms. The first-order chi connectivity index (χ1) is 13.7. The fourth-order valence-corrected chi connectivity index (χ4v) is 2.96. The lowest BCUT2D eigenvalue weighted by Gasteiger charge is -2.07. The fourth-order valence-electron chi connectivity index (χ4n) is 2.75. The Hall–Kier alpha value is -3.32. The van der Waals surface area contributed by atoms with E-state index in [1.807, 2.05) is 24.3 Å². The minimum atomic E-state index is -0.297. The number of hydrogen-bond donors (Lipinski definition) is 2. The molecular weight excluding hydrogens is 380 g/mol. The molecular formula is C20H17ClN4O3. The van der Waals surface area contributed by atoms with Crippen molar-refractivity contribution in [1.82, 2.24) is 10.2 Å². The van der Waals surface area contributed by atoms with Crippen molar-refractivity contribution in [2.45, 2.75) is 6.42 Å². The van der Waals surface area contributed by atoms with Crippen LogP contribution in [0.5, 0.6) is 11.5 Å². The molecule has 0 unspecified atom stereocenters. The largest absolute Gasteiger partial charge is 0.454 e. The number of anilines is 2. The third kappa shape index (κ3) is 4.32. The van der Waals surface area contributed by atoms with Crippen LogP contribution < -0.4 is 20.1 Å². The van der Waals surface area contributed by atoms with E-state index in [1.54, 1.807) is 30.3 Å². The van der Waals surface area contributed by atoms with Crippen molar-refractivity contribution >= 4 is 29.1 Å². The maximum atomic E-state index is 12.4. The van der Waals surface area contributed by atoms with Gasteiger partial charge in [-0.2, -0.15) is 0 Å². The standard InChI is InChI=1S/C20H17ClN4O3/c21-15-3-1-2-13(10-15)8-9-22-18-6-7-19(25-24-18)23-20(26)14-4-5-16-17(11-14)28-12-27-16/h1-7,10-11H,8-9,12H2,(H,22,24)(H,23,25,26). The van der Waals surface area contributed by atoms with E-state index in [0.717, 1.165) is 17.0 Å². The maximum Gasteiger partial charge on any atom is 0.257 e. The molecule has 0 fully saturated rings. The van der Waals surface area contributed by atoms with Gasteiger partial charge in [-0.1, -0.05) is 23.7 Å². The average molecular weight is 397 g/mol. The van der Waals surface area contributed by atoms with Gasteiger partial charge in [-0.15, -0.1) is 10.2 Å². The minimum absolute atomic E-state index is 0.164. The van der Waals surface area contributed by atoms with Crippen molar-refractivity contribution in [2.24, 2.45) is 0 Å². The third-order valence-electron chi connectivity index (χ3n) is 4.15. The number of carbonyl (C=O) groups is 1. The van der Waals surface area contributed by atoms with Gasteiger partial charge in [0.25, 0.3) is 5.91 Å². The quantitative estimate of drug-likeness (QED) is 0.659. The van der Waals surface area contributed by atoms with Gasteiger partial charge in [-0.3, -0.25) is 4.79 Å². The molecule has 0 saturated carbocycles. The zero-order chi connectivity index (χ0) is 19.3. The summed E-state index contributed by atoms with van der Waals surface area (Å²) in [7, 11) is 0. The zero-order valence-electron chi connectivity index (χ0n) is 14.8. The lowest BCUT2D eigenvalue weighted by molar-refractivity contribution is 0.102. The summed E-state index contributed by atoms with van der Waals surface area (Å²) >= 11 is 5.98. The lowest BCUT2D eigenvalue weighted by Crippen LogP contribution is -2.14. The van der Waals surface area contributed by atoms with E-state index >= 15 is 0 Å². The lowest BCUT2D eigenvalue weighted by atomic mass is 10.1. The number of carbonyl (C=O) groups excluding carboxylic acids is 1. The summed E-state index contributed by atoms with van der Waals surface area (Å²) in [5.41, 5.74) is 1.59. The second kappa shape index (κ2) is 8.14. The Kier molecular flexibility index (Phi) is 5.25. The molecule has 0 aliphatic carbocycles. The van der Waals surface area contributed by atoms with E-state index in [-0.39, 0.29) is 12.7 Å². The van der Waals surface area contributed by atoms with Crippen LogP contribution in [0.25, 0.3) is 0 Å². The Morgan fingerprint density at radius 3 is 2.64 bits per heavy atom. The van der Waals surface area contributed by atoms with Crippen LogP contribution in [0, 0.1) is 0 Å². The van der Waals surface area contributed by atoms with Crippen LogP contribution >= 0.6 is 11.6 Å². The van der Waals surface area contributed by atoms with E-state index in [0.29, 0.717) is 35.2 Å². The van der Waals surface area contributed by atoms with Crippen LogP contribution in [-0.4, -0.2) is 29.4 Å². The first-order valence-corrected chi connectivity index (χ1v) is 9.08. The van der Waals surface area contributed by atoms with Gasteiger partial charge in [0.2, 0.25) is 6.79 Å². The first kappa shape index (κ1) is 18.1. The highest BCUT2D eigenvalue weighted by molar-refractivity contribution is 6.30. The molecule has 3 aromatic rings. The van der Waals surface area contributed by atoms with Crippen molar-refractivity contribution < 1.29 is 14.3 Å². The van der Waals surface area contributed by atoms with Crippen molar-refractivity contribution in [1.29, 1.82) is 0 Å². The Morgan fingerprint density at radius 1 is 1.00 bits per heavy atom. The molecule has 28 heavy (non-hydrogen) atoms. The van der Waals surface area contributed by atoms with E-state index in [4.69, 9.17) is 21.1 Å². The number of amides is 1. The summed E-state index contributed by atoms with van der Waals surface area (Å²) in [6.07, 6.45) is 0.810. The highest BCUT2D eigenvalue weighted by Crippen LogP contribution is 2.32. The third-order valence-corrected chi connectivity index (χ3v) is 4.38. The molecule has 0 saturated heterocycles. The number of ether oxygens (including phenoxy) is 2. The van der Waals surface area contributed by atoms with E-state index in [2.05, 4.69) is 20.8 Å². The van der Waals surface area contributed by atoms with Gasteiger partial charge in [0, 0.05) is 17.1 Å². The van der Waals surface area contributed by atoms with Crippen LogP contribution in [0.4, 0.5) is 11.6 Å². The van der Waals surface area contributed by atoms with Gasteiger partial charge >= 0.3 is 0 Å². The van der Waals surface area contributed by atoms with Crippen LogP contribution in [-0.2, 0) is 6.42 Å². The van der Waals surface area contributed by atoms with Crippen LogP contribution in [0.15, 0.2) is 54.6 Å². The Balaban J connectivity index is 1.31. The summed E-state index contributed by atoms with van der Waals surface area (Å²) in [5, 5.41) is 14.7.